The summed E-state index contributed by atoms with van der Waals surface area (Å²) in [5, 5.41) is 0. The molecule has 1 aromatic rings. The zero-order chi connectivity index (χ0) is 13.1. The van der Waals surface area contributed by atoms with Crippen molar-refractivity contribution in [1.82, 2.24) is 9.88 Å². The normalized spacial score (nSPS) is 19.5. The molecule has 0 aliphatic carbocycles. The molecule has 1 unspecified atom stereocenters. The van der Waals surface area contributed by atoms with Crippen LogP contribution in [0.4, 0.5) is 5.82 Å². The van der Waals surface area contributed by atoms with Crippen LogP contribution in [-0.2, 0) is 0 Å². The number of aromatic nitrogens is 1. The average Bonchev–Trinajstić information content (AvgIpc) is 2.76. The molecule has 0 spiro atoms. The fraction of sp³-hybridized carbons (Fsp3) is 0.538. The number of rotatable bonds is 4. The lowest BCUT2D eigenvalue weighted by Gasteiger charge is -2.28. The predicted molar refractivity (Wildman–Crippen MR) is 79.0 cm³/mol. The Morgan fingerprint density at radius 2 is 2.33 bits per heavy atom. The van der Waals surface area contributed by atoms with E-state index in [-0.39, 0.29) is 0 Å². The Morgan fingerprint density at radius 3 is 3.00 bits per heavy atom. The van der Waals surface area contributed by atoms with Crippen molar-refractivity contribution in [2.45, 2.75) is 18.9 Å². The fourth-order valence-electron chi connectivity index (χ4n) is 2.47. The van der Waals surface area contributed by atoms with Gasteiger partial charge in [-0.1, -0.05) is 18.3 Å². The van der Waals surface area contributed by atoms with Crippen molar-refractivity contribution in [3.63, 3.8) is 0 Å². The molecule has 18 heavy (non-hydrogen) atoms. The molecule has 0 amide bonds. The highest BCUT2D eigenvalue weighted by Gasteiger charge is 2.26. The van der Waals surface area contributed by atoms with E-state index in [2.05, 4.69) is 28.9 Å². The molecular formula is C13H20N4S. The zero-order valence-electron chi connectivity index (χ0n) is 11.0. The lowest BCUT2D eigenvalue weighted by atomic mass is 10.2. The summed E-state index contributed by atoms with van der Waals surface area (Å²) >= 11 is 4.98. The zero-order valence-corrected chi connectivity index (χ0v) is 11.8. The number of hydrogen-bond acceptors (Lipinski definition) is 4. The van der Waals surface area contributed by atoms with Gasteiger partial charge < -0.3 is 15.5 Å². The van der Waals surface area contributed by atoms with Crippen LogP contribution >= 0.6 is 12.2 Å². The third-order valence-electron chi connectivity index (χ3n) is 3.23. The maximum atomic E-state index is 5.64. The van der Waals surface area contributed by atoms with Crippen LogP contribution in [0.25, 0.3) is 0 Å². The Balaban J connectivity index is 2.19. The van der Waals surface area contributed by atoms with Crippen molar-refractivity contribution in [2.24, 2.45) is 5.73 Å². The van der Waals surface area contributed by atoms with Gasteiger partial charge in [-0.15, -0.1) is 0 Å². The SMILES string of the molecule is CN(C)CC1CCCN1c1cccc(C(N)=S)n1. The van der Waals surface area contributed by atoms with Crippen LogP contribution in [0.1, 0.15) is 18.5 Å². The van der Waals surface area contributed by atoms with Crippen LogP contribution in [0.15, 0.2) is 18.2 Å². The van der Waals surface area contributed by atoms with Crippen LogP contribution in [0, 0.1) is 0 Å². The molecule has 98 valence electrons. The first kappa shape index (κ1) is 13.2. The summed E-state index contributed by atoms with van der Waals surface area (Å²) in [5.41, 5.74) is 6.35. The molecular weight excluding hydrogens is 244 g/mol. The topological polar surface area (TPSA) is 45.4 Å². The highest BCUT2D eigenvalue weighted by molar-refractivity contribution is 7.80. The van der Waals surface area contributed by atoms with Gasteiger partial charge >= 0.3 is 0 Å². The average molecular weight is 264 g/mol. The summed E-state index contributed by atoms with van der Waals surface area (Å²) < 4.78 is 0. The van der Waals surface area contributed by atoms with Gasteiger partial charge in [0.25, 0.3) is 0 Å². The Hall–Kier alpha value is -1.20. The summed E-state index contributed by atoms with van der Waals surface area (Å²) in [5.74, 6) is 0.990. The van der Waals surface area contributed by atoms with E-state index in [9.17, 15) is 0 Å². The maximum absolute atomic E-state index is 5.64. The van der Waals surface area contributed by atoms with E-state index in [1.165, 1.54) is 12.8 Å². The number of nitrogens with zero attached hydrogens (tertiary/aromatic N) is 3. The van der Waals surface area contributed by atoms with Gasteiger partial charge in [0.15, 0.2) is 0 Å². The van der Waals surface area contributed by atoms with Gasteiger partial charge in [0.2, 0.25) is 0 Å². The molecule has 1 saturated heterocycles. The third kappa shape index (κ3) is 2.97. The summed E-state index contributed by atoms with van der Waals surface area (Å²) in [7, 11) is 4.21. The van der Waals surface area contributed by atoms with E-state index in [4.69, 9.17) is 18.0 Å². The van der Waals surface area contributed by atoms with Crippen LogP contribution < -0.4 is 10.6 Å². The number of likely N-dealkylation sites (N-methyl/N-ethyl adjacent to an activating group) is 1. The van der Waals surface area contributed by atoms with E-state index in [1.54, 1.807) is 0 Å². The molecule has 0 radical (unpaired) electrons. The second-order valence-corrected chi connectivity index (χ2v) is 5.44. The highest BCUT2D eigenvalue weighted by atomic mass is 32.1. The monoisotopic (exact) mass is 264 g/mol. The molecule has 0 bridgehead atoms. The molecule has 1 atom stereocenters. The first-order valence-corrected chi connectivity index (χ1v) is 6.67. The van der Waals surface area contributed by atoms with Gasteiger partial charge in [-0.25, -0.2) is 4.98 Å². The summed E-state index contributed by atoms with van der Waals surface area (Å²) in [6.07, 6.45) is 2.44. The van der Waals surface area contributed by atoms with Gasteiger partial charge in [0, 0.05) is 19.1 Å². The summed E-state index contributed by atoms with van der Waals surface area (Å²) in [6.45, 7) is 2.12. The number of pyridine rings is 1. The van der Waals surface area contributed by atoms with Crippen LogP contribution in [0.5, 0.6) is 0 Å². The van der Waals surface area contributed by atoms with Crippen molar-refractivity contribution < 1.29 is 0 Å². The lowest BCUT2D eigenvalue weighted by molar-refractivity contribution is 0.371. The molecule has 1 aliphatic heterocycles. The van der Waals surface area contributed by atoms with E-state index in [0.717, 1.165) is 18.9 Å². The minimum Gasteiger partial charge on any atom is -0.388 e. The first-order valence-electron chi connectivity index (χ1n) is 6.26. The number of thiocarbonyl (C=S) groups is 1. The minimum atomic E-state index is 0.361. The van der Waals surface area contributed by atoms with E-state index in [1.807, 2.05) is 18.2 Å². The second-order valence-electron chi connectivity index (χ2n) is 5.00. The number of anilines is 1. The van der Waals surface area contributed by atoms with E-state index >= 15 is 0 Å². The molecule has 2 rings (SSSR count). The Labute approximate surface area is 114 Å². The van der Waals surface area contributed by atoms with Gasteiger partial charge in [-0.3, -0.25) is 0 Å². The molecule has 5 heteroatoms. The van der Waals surface area contributed by atoms with Crippen LogP contribution in [-0.4, -0.2) is 48.1 Å². The van der Waals surface area contributed by atoms with Gasteiger partial charge in [0.1, 0.15) is 10.8 Å². The van der Waals surface area contributed by atoms with Crippen molar-refractivity contribution in [2.75, 3.05) is 32.1 Å². The predicted octanol–water partition coefficient (Wildman–Crippen LogP) is 1.25. The Bertz CT molecular complexity index is 433. The molecule has 1 aliphatic rings. The smallest absolute Gasteiger partial charge is 0.129 e. The molecule has 4 nitrogen and oxygen atoms in total. The quantitative estimate of drug-likeness (QED) is 0.829. The van der Waals surface area contributed by atoms with E-state index in [0.29, 0.717) is 16.7 Å². The fourth-order valence-corrected chi connectivity index (χ4v) is 2.58. The summed E-state index contributed by atoms with van der Waals surface area (Å²) in [6, 6.07) is 6.41. The first-order chi connectivity index (χ1) is 8.58. The van der Waals surface area contributed by atoms with Crippen molar-refractivity contribution in [1.29, 1.82) is 0 Å². The summed E-state index contributed by atoms with van der Waals surface area (Å²) in [4.78, 5) is 9.50. The molecule has 1 fully saturated rings. The standard InChI is InChI=1S/C13H20N4S/c1-16(2)9-10-5-4-8-17(10)12-7-3-6-11(15-12)13(14)18/h3,6-7,10H,4-5,8-9H2,1-2H3,(H2,14,18). The minimum absolute atomic E-state index is 0.361. The van der Waals surface area contributed by atoms with Crippen LogP contribution in [0.3, 0.4) is 0 Å². The highest BCUT2D eigenvalue weighted by Crippen LogP contribution is 2.24. The molecule has 0 saturated carbocycles. The third-order valence-corrected chi connectivity index (χ3v) is 3.44. The van der Waals surface area contributed by atoms with Crippen molar-refractivity contribution >= 4 is 23.0 Å². The molecule has 1 aromatic heterocycles. The van der Waals surface area contributed by atoms with Crippen molar-refractivity contribution in [3.8, 4) is 0 Å². The van der Waals surface area contributed by atoms with Gasteiger partial charge in [0.05, 0.1) is 5.69 Å². The Morgan fingerprint density at radius 1 is 1.56 bits per heavy atom. The largest absolute Gasteiger partial charge is 0.388 e. The lowest BCUT2D eigenvalue weighted by Crippen LogP contribution is -2.38. The molecule has 0 aromatic carbocycles. The molecule has 2 heterocycles. The maximum Gasteiger partial charge on any atom is 0.129 e. The molecule has 2 N–H and O–H groups in total. The van der Waals surface area contributed by atoms with Gasteiger partial charge in [-0.2, -0.15) is 0 Å². The second kappa shape index (κ2) is 5.63. The van der Waals surface area contributed by atoms with Crippen LogP contribution in [0.2, 0.25) is 0 Å². The van der Waals surface area contributed by atoms with Gasteiger partial charge in [-0.05, 0) is 39.1 Å². The number of hydrogen-bond donors (Lipinski definition) is 1. The van der Waals surface area contributed by atoms with Crippen molar-refractivity contribution in [3.05, 3.63) is 23.9 Å². The van der Waals surface area contributed by atoms with E-state index < -0.39 is 0 Å². The Kier molecular flexibility index (Phi) is 4.14. The number of nitrogens with two attached hydrogens (primary N) is 1.